The van der Waals surface area contributed by atoms with Crippen LogP contribution >= 0.6 is 22.6 Å². The monoisotopic (exact) mass is 487 g/mol. The average molecular weight is 487 g/mol. The first kappa shape index (κ1) is 21.7. The predicted molar refractivity (Wildman–Crippen MR) is 90.0 cm³/mol. The second-order valence-corrected chi connectivity index (χ2v) is 5.83. The van der Waals surface area contributed by atoms with E-state index in [1.165, 1.54) is 5.32 Å². The van der Waals surface area contributed by atoms with Gasteiger partial charge in [0.25, 0.3) is 11.8 Å². The van der Waals surface area contributed by atoms with E-state index in [4.69, 9.17) is 0 Å². The maximum absolute atomic E-state index is 11.9. The van der Waals surface area contributed by atoms with Crippen LogP contribution in [0.2, 0.25) is 0 Å². The zero-order chi connectivity index (χ0) is 19.7. The van der Waals surface area contributed by atoms with Crippen LogP contribution in [0.4, 0.5) is 18.0 Å². The van der Waals surface area contributed by atoms with Gasteiger partial charge in [-0.1, -0.05) is 12.1 Å². The Morgan fingerprint density at radius 2 is 1.73 bits per heavy atom. The average Bonchev–Trinajstić information content (AvgIpc) is 2.56. The minimum atomic E-state index is -4.62. The van der Waals surface area contributed by atoms with E-state index in [0.29, 0.717) is 9.13 Å². The molecule has 26 heavy (non-hydrogen) atoms. The molecular formula is C14H13F3IN3O5. The number of halogens is 4. The molecule has 0 saturated carbocycles. The zero-order valence-corrected chi connectivity index (χ0v) is 15.1. The summed E-state index contributed by atoms with van der Waals surface area (Å²) in [6, 6.07) is 5.24. The first-order valence-electron chi connectivity index (χ1n) is 6.91. The maximum atomic E-state index is 11.9. The summed E-state index contributed by atoms with van der Waals surface area (Å²) in [5.41, 5.74) is 0.347. The van der Waals surface area contributed by atoms with Crippen LogP contribution in [0.25, 0.3) is 0 Å². The molecule has 4 amide bonds. The fourth-order valence-corrected chi connectivity index (χ4v) is 2.11. The number of carbonyl (C=O) groups is 4. The molecule has 0 unspecified atom stereocenters. The Bertz CT molecular complexity index is 697. The van der Waals surface area contributed by atoms with Gasteiger partial charge in [0.1, 0.15) is 13.1 Å². The van der Waals surface area contributed by atoms with E-state index in [1.807, 2.05) is 22.6 Å². The number of benzene rings is 1. The Hall–Kier alpha value is -2.38. The highest BCUT2D eigenvalue weighted by Crippen LogP contribution is 2.12. The van der Waals surface area contributed by atoms with E-state index in [2.05, 4.69) is 10.1 Å². The van der Waals surface area contributed by atoms with E-state index in [-0.39, 0.29) is 0 Å². The molecule has 0 fully saturated rings. The Morgan fingerprint density at radius 3 is 2.35 bits per heavy atom. The number of carbonyl (C=O) groups excluding carboxylic acids is 4. The number of nitrogens with one attached hydrogen (secondary N) is 3. The van der Waals surface area contributed by atoms with Crippen LogP contribution in [0.5, 0.6) is 0 Å². The minimum Gasteiger partial charge on any atom is -0.454 e. The Kier molecular flexibility index (Phi) is 8.28. The van der Waals surface area contributed by atoms with Crippen molar-refractivity contribution in [1.82, 2.24) is 16.0 Å². The molecule has 1 aromatic rings. The van der Waals surface area contributed by atoms with Gasteiger partial charge in [-0.2, -0.15) is 13.2 Å². The summed E-state index contributed by atoms with van der Waals surface area (Å²) in [7, 11) is 0. The molecule has 0 radical (unpaired) electrons. The quantitative estimate of drug-likeness (QED) is 0.409. The van der Waals surface area contributed by atoms with Crippen molar-refractivity contribution >= 4 is 46.4 Å². The molecule has 142 valence electrons. The molecule has 0 bridgehead atoms. The number of urea groups is 1. The number of hydrogen-bond acceptors (Lipinski definition) is 5. The van der Waals surface area contributed by atoms with E-state index in [9.17, 15) is 32.3 Å². The molecule has 0 aliphatic rings. The van der Waals surface area contributed by atoms with Crippen LogP contribution in [0, 0.1) is 3.57 Å². The van der Waals surface area contributed by atoms with Crippen molar-refractivity contribution in [2.75, 3.05) is 19.7 Å². The Morgan fingerprint density at radius 1 is 1.08 bits per heavy atom. The highest BCUT2D eigenvalue weighted by atomic mass is 127. The van der Waals surface area contributed by atoms with Gasteiger partial charge in [-0.05, 0) is 34.7 Å². The molecule has 0 aliphatic heterocycles. The highest BCUT2D eigenvalue weighted by Gasteiger charge is 2.28. The van der Waals surface area contributed by atoms with Crippen molar-refractivity contribution in [3.8, 4) is 0 Å². The minimum absolute atomic E-state index is 0.347. The molecule has 0 aliphatic carbocycles. The number of imide groups is 1. The van der Waals surface area contributed by atoms with Gasteiger partial charge < -0.3 is 15.4 Å². The number of hydrogen-bond donors (Lipinski definition) is 3. The van der Waals surface area contributed by atoms with Crippen molar-refractivity contribution in [1.29, 1.82) is 0 Å². The topological polar surface area (TPSA) is 114 Å². The van der Waals surface area contributed by atoms with Crippen molar-refractivity contribution < 1.29 is 37.1 Å². The lowest BCUT2D eigenvalue weighted by Crippen LogP contribution is -2.45. The van der Waals surface area contributed by atoms with Crippen molar-refractivity contribution in [3.63, 3.8) is 0 Å². The molecule has 0 atom stereocenters. The molecule has 0 aromatic heterocycles. The molecule has 3 N–H and O–H groups in total. The van der Waals surface area contributed by atoms with Crippen LogP contribution in [-0.4, -0.2) is 49.7 Å². The van der Waals surface area contributed by atoms with Gasteiger partial charge in [0.15, 0.2) is 6.61 Å². The fraction of sp³-hybridized carbons (Fsp3) is 0.286. The number of amides is 4. The van der Waals surface area contributed by atoms with Gasteiger partial charge >= 0.3 is 18.2 Å². The third-order valence-electron chi connectivity index (χ3n) is 2.58. The van der Waals surface area contributed by atoms with Crippen LogP contribution in [0.15, 0.2) is 24.3 Å². The predicted octanol–water partition coefficient (Wildman–Crippen LogP) is 0.952. The molecular weight excluding hydrogens is 474 g/mol. The number of alkyl halides is 3. The molecule has 12 heteroatoms. The zero-order valence-electron chi connectivity index (χ0n) is 13.0. The van der Waals surface area contributed by atoms with E-state index in [1.54, 1.807) is 29.6 Å². The molecule has 0 saturated heterocycles. The maximum Gasteiger partial charge on any atom is 0.405 e. The van der Waals surface area contributed by atoms with Crippen LogP contribution in [0.1, 0.15) is 10.4 Å². The first-order valence-corrected chi connectivity index (χ1v) is 7.99. The summed E-state index contributed by atoms with van der Waals surface area (Å²) in [4.78, 5) is 45.6. The third kappa shape index (κ3) is 8.64. The summed E-state index contributed by atoms with van der Waals surface area (Å²) < 4.78 is 40.8. The summed E-state index contributed by atoms with van der Waals surface area (Å²) >= 11 is 1.94. The normalized spacial score (nSPS) is 10.6. The van der Waals surface area contributed by atoms with Gasteiger partial charge in [0.2, 0.25) is 0 Å². The van der Waals surface area contributed by atoms with Gasteiger partial charge in [0, 0.05) is 3.57 Å². The molecule has 0 spiro atoms. The van der Waals surface area contributed by atoms with Gasteiger partial charge in [-0.3, -0.25) is 19.7 Å². The lowest BCUT2D eigenvalue weighted by atomic mass is 10.2. The van der Waals surface area contributed by atoms with Gasteiger partial charge in [0.05, 0.1) is 5.56 Å². The van der Waals surface area contributed by atoms with Crippen LogP contribution in [-0.2, 0) is 14.3 Å². The van der Waals surface area contributed by atoms with Crippen LogP contribution in [0.3, 0.4) is 0 Å². The second-order valence-electron chi connectivity index (χ2n) is 4.67. The van der Waals surface area contributed by atoms with Crippen molar-refractivity contribution in [2.24, 2.45) is 0 Å². The molecule has 1 aromatic carbocycles. The second kappa shape index (κ2) is 9.94. The fourth-order valence-electron chi connectivity index (χ4n) is 1.48. The Labute approximate surface area is 159 Å². The highest BCUT2D eigenvalue weighted by molar-refractivity contribution is 14.1. The number of esters is 1. The van der Waals surface area contributed by atoms with E-state index < -0.39 is 49.7 Å². The number of ether oxygens (including phenoxy) is 1. The smallest absolute Gasteiger partial charge is 0.405 e. The third-order valence-corrected chi connectivity index (χ3v) is 3.52. The molecule has 0 heterocycles. The lowest BCUT2D eigenvalue weighted by molar-refractivity contribution is -0.147. The number of rotatable bonds is 6. The molecule has 1 rings (SSSR count). The lowest BCUT2D eigenvalue weighted by Gasteiger charge is -2.09. The van der Waals surface area contributed by atoms with Gasteiger partial charge in [-0.15, -0.1) is 0 Å². The van der Waals surface area contributed by atoms with Gasteiger partial charge in [-0.25, -0.2) is 4.79 Å². The molecule has 8 nitrogen and oxygen atoms in total. The summed E-state index contributed by atoms with van der Waals surface area (Å²) in [5, 5.41) is 5.25. The summed E-state index contributed by atoms with van der Waals surface area (Å²) in [6.45, 7) is -3.04. The van der Waals surface area contributed by atoms with Crippen LogP contribution < -0.4 is 16.0 Å². The standard InChI is InChI=1S/C14H13F3IN3O5/c15-14(16,17)7-20-13(25)21-10(22)6-26-11(23)5-19-12(24)8-3-1-2-4-9(8)18/h1-4H,5-7H2,(H,19,24)(H2,20,21,22,25). The summed E-state index contributed by atoms with van der Waals surface area (Å²) in [6.07, 6.45) is -4.62. The van der Waals surface area contributed by atoms with Crippen molar-refractivity contribution in [3.05, 3.63) is 33.4 Å². The Balaban J connectivity index is 2.29. The SMILES string of the molecule is O=C(COC(=O)CNC(=O)c1ccccc1I)NC(=O)NCC(F)(F)F. The van der Waals surface area contributed by atoms with Crippen molar-refractivity contribution in [2.45, 2.75) is 6.18 Å². The van der Waals surface area contributed by atoms with E-state index >= 15 is 0 Å². The summed E-state index contributed by atoms with van der Waals surface area (Å²) in [5.74, 6) is -2.61. The first-order chi connectivity index (χ1) is 12.1. The largest absolute Gasteiger partial charge is 0.454 e. The van der Waals surface area contributed by atoms with E-state index in [0.717, 1.165) is 0 Å².